The minimum atomic E-state index is -0.508. The highest BCUT2D eigenvalue weighted by Crippen LogP contribution is 2.21. The lowest BCUT2D eigenvalue weighted by Gasteiger charge is -2.06. The van der Waals surface area contributed by atoms with Crippen LogP contribution in [0.2, 0.25) is 5.28 Å². The largest absolute Gasteiger partial charge is 0.364 e. The van der Waals surface area contributed by atoms with Crippen molar-refractivity contribution < 1.29 is 4.39 Å². The Bertz CT molecular complexity index is 727. The van der Waals surface area contributed by atoms with E-state index in [2.05, 4.69) is 25.3 Å². The number of hydrogen-bond donors (Lipinski definition) is 2. The van der Waals surface area contributed by atoms with E-state index in [0.29, 0.717) is 23.7 Å². The fourth-order valence-corrected chi connectivity index (χ4v) is 1.94. The van der Waals surface area contributed by atoms with E-state index in [1.807, 2.05) is 6.07 Å². The van der Waals surface area contributed by atoms with Crippen molar-refractivity contribution >= 4 is 28.5 Å². The topological polar surface area (TPSA) is 66.5 Å². The Labute approximate surface area is 112 Å². The fraction of sp³-hybridized carbons (Fsp3) is 0.0833. The lowest BCUT2D eigenvalue weighted by molar-refractivity contribution is 0.578. The molecule has 3 rings (SSSR count). The summed E-state index contributed by atoms with van der Waals surface area (Å²) in [5.74, 6) is 0.0779. The fourth-order valence-electron chi connectivity index (χ4n) is 1.77. The van der Waals surface area contributed by atoms with Gasteiger partial charge in [0.05, 0.1) is 17.6 Å². The van der Waals surface area contributed by atoms with Gasteiger partial charge in [0.1, 0.15) is 11.5 Å². The normalized spacial score (nSPS) is 10.8. The minimum Gasteiger partial charge on any atom is -0.364 e. The number of nitrogens with zero attached hydrogens (tertiary/aromatic N) is 3. The minimum absolute atomic E-state index is 0.143. The quantitative estimate of drug-likeness (QED) is 0.571. The van der Waals surface area contributed by atoms with Crippen molar-refractivity contribution in [3.05, 3.63) is 47.4 Å². The molecule has 3 aromatic rings. The number of aromatic amines is 1. The molecule has 0 atom stereocenters. The van der Waals surface area contributed by atoms with E-state index in [4.69, 9.17) is 11.6 Å². The number of nitrogens with one attached hydrogen (secondary N) is 2. The van der Waals surface area contributed by atoms with Gasteiger partial charge in [0.25, 0.3) is 0 Å². The summed E-state index contributed by atoms with van der Waals surface area (Å²) >= 11 is 5.83. The number of aromatic nitrogens is 4. The first kappa shape index (κ1) is 11.9. The lowest BCUT2D eigenvalue weighted by atomic mass is 10.3. The number of hydrogen-bond acceptors (Lipinski definition) is 4. The molecular formula is C12H9ClFN5. The number of rotatable bonds is 3. The number of fused-ring (bicyclic) bond motifs is 1. The summed E-state index contributed by atoms with van der Waals surface area (Å²) in [5, 5.41) is 4.04. The Hall–Kier alpha value is -2.21. The van der Waals surface area contributed by atoms with Crippen LogP contribution in [-0.2, 0) is 6.54 Å². The third-order valence-electron chi connectivity index (χ3n) is 2.60. The van der Waals surface area contributed by atoms with Crippen LogP contribution < -0.4 is 5.32 Å². The zero-order valence-corrected chi connectivity index (χ0v) is 10.4. The van der Waals surface area contributed by atoms with Gasteiger partial charge in [-0.3, -0.25) is 0 Å². The van der Waals surface area contributed by atoms with Gasteiger partial charge in [-0.15, -0.1) is 0 Å². The van der Waals surface area contributed by atoms with Gasteiger partial charge in [-0.1, -0.05) is 6.07 Å². The molecule has 0 aliphatic carbocycles. The predicted molar refractivity (Wildman–Crippen MR) is 70.4 cm³/mol. The summed E-state index contributed by atoms with van der Waals surface area (Å²) in [6, 6.07) is 6.48. The summed E-state index contributed by atoms with van der Waals surface area (Å²) in [6.07, 6.45) is 1.75. The average molecular weight is 278 g/mol. The average Bonchev–Trinajstić information content (AvgIpc) is 2.84. The number of pyridine rings is 1. The summed E-state index contributed by atoms with van der Waals surface area (Å²) in [5.41, 5.74) is 1.23. The summed E-state index contributed by atoms with van der Waals surface area (Å²) in [4.78, 5) is 14.9. The van der Waals surface area contributed by atoms with E-state index in [1.165, 1.54) is 6.07 Å². The van der Waals surface area contributed by atoms with Crippen molar-refractivity contribution in [1.82, 2.24) is 19.9 Å². The van der Waals surface area contributed by atoms with E-state index in [9.17, 15) is 4.39 Å². The highest BCUT2D eigenvalue weighted by Gasteiger charge is 2.07. The Morgan fingerprint density at radius 3 is 2.95 bits per heavy atom. The smallest absolute Gasteiger partial charge is 0.226 e. The first-order valence-corrected chi connectivity index (χ1v) is 5.96. The second kappa shape index (κ2) is 4.81. The third kappa shape index (κ3) is 2.48. The molecule has 3 heterocycles. The van der Waals surface area contributed by atoms with Crippen LogP contribution >= 0.6 is 11.6 Å². The van der Waals surface area contributed by atoms with Gasteiger partial charge < -0.3 is 10.3 Å². The van der Waals surface area contributed by atoms with Crippen LogP contribution in [-0.4, -0.2) is 19.9 Å². The van der Waals surface area contributed by atoms with Crippen molar-refractivity contribution in [2.45, 2.75) is 6.54 Å². The van der Waals surface area contributed by atoms with Gasteiger partial charge >= 0.3 is 0 Å². The molecule has 0 aliphatic rings. The van der Waals surface area contributed by atoms with E-state index >= 15 is 0 Å². The molecule has 96 valence electrons. The highest BCUT2D eigenvalue weighted by atomic mass is 35.5. The van der Waals surface area contributed by atoms with Crippen molar-refractivity contribution in [2.75, 3.05) is 5.32 Å². The van der Waals surface area contributed by atoms with Crippen molar-refractivity contribution in [1.29, 1.82) is 0 Å². The molecule has 5 nitrogen and oxygen atoms in total. The maximum Gasteiger partial charge on any atom is 0.226 e. The molecule has 0 aliphatic heterocycles. The van der Waals surface area contributed by atoms with Gasteiger partial charge in [-0.25, -0.2) is 9.97 Å². The van der Waals surface area contributed by atoms with Gasteiger partial charge in [0, 0.05) is 6.20 Å². The second-order valence-corrected chi connectivity index (χ2v) is 4.22. The Kier molecular flexibility index (Phi) is 3.00. The van der Waals surface area contributed by atoms with Crippen LogP contribution in [0.25, 0.3) is 11.0 Å². The van der Waals surface area contributed by atoms with Crippen LogP contribution in [0.3, 0.4) is 0 Å². The van der Waals surface area contributed by atoms with Gasteiger partial charge in [-0.2, -0.15) is 9.37 Å². The summed E-state index contributed by atoms with van der Waals surface area (Å²) < 4.78 is 13.0. The van der Waals surface area contributed by atoms with Gasteiger partial charge in [0.15, 0.2) is 0 Å². The first-order chi connectivity index (χ1) is 9.22. The number of H-pyrrole nitrogens is 1. The van der Waals surface area contributed by atoms with Crippen molar-refractivity contribution in [3.8, 4) is 0 Å². The lowest BCUT2D eigenvalue weighted by Crippen LogP contribution is -2.05. The van der Waals surface area contributed by atoms with Crippen LogP contribution in [0.5, 0.6) is 0 Å². The zero-order valence-electron chi connectivity index (χ0n) is 9.69. The highest BCUT2D eigenvalue weighted by molar-refractivity contribution is 6.28. The maximum atomic E-state index is 13.0. The Morgan fingerprint density at radius 1 is 1.21 bits per heavy atom. The van der Waals surface area contributed by atoms with Crippen LogP contribution in [0.15, 0.2) is 30.5 Å². The van der Waals surface area contributed by atoms with Crippen LogP contribution in [0.1, 0.15) is 5.69 Å². The summed E-state index contributed by atoms with van der Waals surface area (Å²) in [7, 11) is 0. The van der Waals surface area contributed by atoms with E-state index in [1.54, 1.807) is 18.3 Å². The predicted octanol–water partition coefficient (Wildman–Crippen LogP) is 2.76. The third-order valence-corrected chi connectivity index (χ3v) is 2.77. The van der Waals surface area contributed by atoms with Gasteiger partial charge in [0.2, 0.25) is 11.2 Å². The molecule has 3 aromatic heterocycles. The molecule has 0 saturated carbocycles. The van der Waals surface area contributed by atoms with Crippen LogP contribution in [0.4, 0.5) is 10.2 Å². The Morgan fingerprint density at radius 2 is 2.11 bits per heavy atom. The molecule has 2 N–H and O–H groups in total. The molecule has 0 spiro atoms. The molecule has 0 radical (unpaired) electrons. The van der Waals surface area contributed by atoms with E-state index < -0.39 is 5.95 Å². The van der Waals surface area contributed by atoms with Crippen molar-refractivity contribution in [3.63, 3.8) is 0 Å². The Balaban J connectivity index is 1.87. The maximum absolute atomic E-state index is 13.0. The van der Waals surface area contributed by atoms with E-state index in [-0.39, 0.29) is 5.28 Å². The molecule has 0 fully saturated rings. The molecule has 7 heteroatoms. The molecule has 0 bridgehead atoms. The molecule has 0 saturated heterocycles. The molecule has 0 unspecified atom stereocenters. The summed E-state index contributed by atoms with van der Waals surface area (Å²) in [6.45, 7) is 0.353. The number of anilines is 1. The van der Waals surface area contributed by atoms with E-state index in [0.717, 1.165) is 5.39 Å². The molecule has 0 aromatic carbocycles. The second-order valence-electron chi connectivity index (χ2n) is 3.89. The number of halogens is 2. The monoisotopic (exact) mass is 277 g/mol. The van der Waals surface area contributed by atoms with Crippen molar-refractivity contribution in [2.24, 2.45) is 0 Å². The molecular weight excluding hydrogens is 269 g/mol. The zero-order chi connectivity index (χ0) is 13.2. The first-order valence-electron chi connectivity index (χ1n) is 5.58. The SMILES string of the molecule is Fc1cccc(CNc2nc(Cl)nc3[nH]ccc23)n1. The van der Waals surface area contributed by atoms with Gasteiger partial charge in [-0.05, 0) is 29.8 Å². The van der Waals surface area contributed by atoms with Crippen LogP contribution in [0, 0.1) is 5.95 Å². The standard InChI is InChI=1S/C12H9ClFN5/c13-12-18-10-8(4-5-15-10)11(19-12)16-6-7-2-1-3-9(14)17-7/h1-5H,6H2,(H2,15,16,18,19). The molecule has 0 amide bonds. The molecule has 19 heavy (non-hydrogen) atoms.